The Morgan fingerprint density at radius 1 is 1.20 bits per heavy atom. The molecule has 0 bridgehead atoms. The molecular formula is C22H26N4O4. The standard InChI is InChI=1S/C22H26N4O4/c1-13-14(2)24-26(15(13)3)11-21(28)25-8-6-16(7-9-25)22(29)17-4-5-19-18(10-17)23-20(27)12-30-19/h4-5,10,16H,6-9,11-12H2,1-3H3,(H,23,27). The van der Waals surface area contributed by atoms with Crippen molar-refractivity contribution in [1.29, 1.82) is 0 Å². The Hall–Kier alpha value is -3.16. The van der Waals surface area contributed by atoms with Crippen molar-refractivity contribution in [3.8, 4) is 5.75 Å². The first kappa shape index (κ1) is 20.1. The fourth-order valence-electron chi connectivity index (χ4n) is 4.03. The number of likely N-dealkylation sites (tertiary alicyclic amines) is 1. The topological polar surface area (TPSA) is 93.5 Å². The molecule has 3 heterocycles. The van der Waals surface area contributed by atoms with E-state index in [1.165, 1.54) is 0 Å². The number of hydrogen-bond acceptors (Lipinski definition) is 5. The molecule has 158 valence electrons. The largest absolute Gasteiger partial charge is 0.482 e. The van der Waals surface area contributed by atoms with Gasteiger partial charge in [0.25, 0.3) is 5.91 Å². The lowest BCUT2D eigenvalue weighted by Gasteiger charge is -2.31. The highest BCUT2D eigenvalue weighted by molar-refractivity contribution is 6.01. The predicted octanol–water partition coefficient (Wildman–Crippen LogP) is 2.26. The van der Waals surface area contributed by atoms with Crippen LogP contribution in [0.15, 0.2) is 18.2 Å². The molecule has 0 saturated carbocycles. The number of hydrogen-bond donors (Lipinski definition) is 1. The summed E-state index contributed by atoms with van der Waals surface area (Å²) in [6.45, 7) is 7.25. The van der Waals surface area contributed by atoms with Gasteiger partial charge in [-0.05, 0) is 57.4 Å². The summed E-state index contributed by atoms with van der Waals surface area (Å²) in [6, 6.07) is 5.13. The summed E-state index contributed by atoms with van der Waals surface area (Å²) in [6.07, 6.45) is 1.25. The molecule has 2 aliphatic rings. The number of aryl methyl sites for hydroxylation is 1. The summed E-state index contributed by atoms with van der Waals surface area (Å²) in [7, 11) is 0. The molecule has 0 radical (unpaired) electrons. The number of amides is 2. The fourth-order valence-corrected chi connectivity index (χ4v) is 4.03. The minimum Gasteiger partial charge on any atom is -0.482 e. The Labute approximate surface area is 175 Å². The summed E-state index contributed by atoms with van der Waals surface area (Å²) < 4.78 is 7.11. The van der Waals surface area contributed by atoms with Gasteiger partial charge in [-0.2, -0.15) is 5.10 Å². The highest BCUT2D eigenvalue weighted by Gasteiger charge is 2.29. The molecule has 1 saturated heterocycles. The van der Waals surface area contributed by atoms with Crippen LogP contribution in [0.2, 0.25) is 0 Å². The summed E-state index contributed by atoms with van der Waals surface area (Å²) in [5.41, 5.74) is 4.15. The minimum atomic E-state index is -0.225. The van der Waals surface area contributed by atoms with Crippen molar-refractivity contribution in [2.24, 2.45) is 5.92 Å². The van der Waals surface area contributed by atoms with Crippen molar-refractivity contribution in [2.75, 3.05) is 25.0 Å². The number of Topliss-reactive ketones (excluding diaryl/α,β-unsaturated/α-hetero) is 1. The van der Waals surface area contributed by atoms with Crippen LogP contribution < -0.4 is 10.1 Å². The maximum Gasteiger partial charge on any atom is 0.262 e. The number of ketones is 1. The van der Waals surface area contributed by atoms with Gasteiger partial charge in [0, 0.05) is 30.3 Å². The van der Waals surface area contributed by atoms with E-state index in [1.807, 2.05) is 25.7 Å². The van der Waals surface area contributed by atoms with Gasteiger partial charge in [-0.25, -0.2) is 0 Å². The van der Waals surface area contributed by atoms with Gasteiger partial charge in [0.2, 0.25) is 5.91 Å². The number of ether oxygens (including phenoxy) is 1. The maximum atomic E-state index is 12.9. The van der Waals surface area contributed by atoms with Crippen molar-refractivity contribution in [3.63, 3.8) is 0 Å². The Morgan fingerprint density at radius 3 is 2.60 bits per heavy atom. The van der Waals surface area contributed by atoms with Gasteiger partial charge >= 0.3 is 0 Å². The van der Waals surface area contributed by atoms with E-state index in [2.05, 4.69) is 10.4 Å². The molecule has 30 heavy (non-hydrogen) atoms. The molecule has 1 N–H and O–H groups in total. The molecule has 0 aliphatic carbocycles. The van der Waals surface area contributed by atoms with Crippen molar-refractivity contribution in [3.05, 3.63) is 40.7 Å². The SMILES string of the molecule is Cc1nn(CC(=O)N2CCC(C(=O)c3ccc4c(c3)NC(=O)CO4)CC2)c(C)c1C. The lowest BCUT2D eigenvalue weighted by Crippen LogP contribution is -2.42. The molecule has 4 rings (SSSR count). The van der Waals surface area contributed by atoms with Gasteiger partial charge in [0.05, 0.1) is 11.4 Å². The Morgan fingerprint density at radius 2 is 1.93 bits per heavy atom. The van der Waals surface area contributed by atoms with E-state index in [4.69, 9.17) is 4.74 Å². The van der Waals surface area contributed by atoms with Crippen molar-refractivity contribution in [2.45, 2.75) is 40.2 Å². The second kappa shape index (κ2) is 7.93. The number of nitrogens with zero attached hydrogens (tertiary/aromatic N) is 3. The van der Waals surface area contributed by atoms with Gasteiger partial charge in [0.15, 0.2) is 12.4 Å². The van der Waals surface area contributed by atoms with Crippen LogP contribution in [0.1, 0.15) is 40.2 Å². The Bertz CT molecular complexity index is 1020. The fraction of sp³-hybridized carbons (Fsp3) is 0.455. The molecule has 2 aromatic rings. The van der Waals surface area contributed by atoms with Crippen LogP contribution >= 0.6 is 0 Å². The van der Waals surface area contributed by atoms with E-state index in [0.717, 1.165) is 17.0 Å². The highest BCUT2D eigenvalue weighted by Crippen LogP contribution is 2.31. The molecule has 8 nitrogen and oxygen atoms in total. The molecule has 0 unspecified atom stereocenters. The second-order valence-electron chi connectivity index (χ2n) is 8.02. The summed E-state index contributed by atoms with van der Waals surface area (Å²) in [4.78, 5) is 39.0. The lowest BCUT2D eigenvalue weighted by molar-refractivity contribution is -0.133. The molecule has 1 fully saturated rings. The molecular weight excluding hydrogens is 384 g/mol. The number of rotatable bonds is 4. The van der Waals surface area contributed by atoms with Crippen LogP contribution in [0.3, 0.4) is 0 Å². The van der Waals surface area contributed by atoms with Crippen molar-refractivity contribution in [1.82, 2.24) is 14.7 Å². The zero-order chi connectivity index (χ0) is 21.4. The van der Waals surface area contributed by atoms with Crippen LogP contribution in [0.5, 0.6) is 5.75 Å². The third kappa shape index (κ3) is 3.81. The predicted molar refractivity (Wildman–Crippen MR) is 111 cm³/mol. The van der Waals surface area contributed by atoms with E-state index >= 15 is 0 Å². The third-order valence-electron chi connectivity index (χ3n) is 6.14. The van der Waals surface area contributed by atoms with Gasteiger partial charge in [-0.3, -0.25) is 19.1 Å². The Balaban J connectivity index is 1.36. The number of piperidine rings is 1. The summed E-state index contributed by atoms with van der Waals surface area (Å²) in [5.74, 6) is 0.282. The zero-order valence-corrected chi connectivity index (χ0v) is 17.5. The molecule has 2 aliphatic heterocycles. The van der Waals surface area contributed by atoms with Crippen LogP contribution in [-0.4, -0.2) is 52.0 Å². The number of carbonyl (C=O) groups is 3. The first-order valence-corrected chi connectivity index (χ1v) is 10.2. The number of benzene rings is 1. The van der Waals surface area contributed by atoms with Crippen LogP contribution in [0.25, 0.3) is 0 Å². The lowest BCUT2D eigenvalue weighted by atomic mass is 9.88. The first-order chi connectivity index (χ1) is 14.3. The number of fused-ring (bicyclic) bond motifs is 1. The average molecular weight is 410 g/mol. The highest BCUT2D eigenvalue weighted by atomic mass is 16.5. The minimum absolute atomic E-state index is 0.00995. The van der Waals surface area contributed by atoms with Crippen LogP contribution in [0, 0.1) is 26.7 Å². The monoisotopic (exact) mass is 410 g/mol. The van der Waals surface area contributed by atoms with Crippen LogP contribution in [-0.2, 0) is 16.1 Å². The maximum absolute atomic E-state index is 12.9. The number of anilines is 1. The van der Waals surface area contributed by atoms with Crippen LogP contribution in [0.4, 0.5) is 5.69 Å². The van der Waals surface area contributed by atoms with E-state index in [1.54, 1.807) is 22.9 Å². The van der Waals surface area contributed by atoms with E-state index in [-0.39, 0.29) is 36.7 Å². The molecule has 0 atom stereocenters. The average Bonchev–Trinajstić information content (AvgIpc) is 2.99. The summed E-state index contributed by atoms with van der Waals surface area (Å²) >= 11 is 0. The third-order valence-corrected chi connectivity index (χ3v) is 6.14. The molecule has 1 aromatic heterocycles. The van der Waals surface area contributed by atoms with Crippen molar-refractivity contribution >= 4 is 23.3 Å². The van der Waals surface area contributed by atoms with Gasteiger partial charge in [0.1, 0.15) is 12.3 Å². The second-order valence-corrected chi connectivity index (χ2v) is 8.02. The Kier molecular flexibility index (Phi) is 5.32. The van der Waals surface area contributed by atoms with E-state index in [0.29, 0.717) is 42.9 Å². The van der Waals surface area contributed by atoms with E-state index < -0.39 is 0 Å². The van der Waals surface area contributed by atoms with Gasteiger partial charge in [-0.15, -0.1) is 0 Å². The van der Waals surface area contributed by atoms with Gasteiger partial charge in [-0.1, -0.05) is 0 Å². The molecule has 2 amide bonds. The van der Waals surface area contributed by atoms with Gasteiger partial charge < -0.3 is 15.0 Å². The quantitative estimate of drug-likeness (QED) is 0.781. The molecule has 1 aromatic carbocycles. The summed E-state index contributed by atoms with van der Waals surface area (Å²) in [5, 5.41) is 7.18. The number of aromatic nitrogens is 2. The number of carbonyl (C=O) groups excluding carboxylic acids is 3. The number of nitrogens with one attached hydrogen (secondary N) is 1. The zero-order valence-electron chi connectivity index (χ0n) is 17.5. The first-order valence-electron chi connectivity index (χ1n) is 10.2. The smallest absolute Gasteiger partial charge is 0.262 e. The molecule has 8 heteroatoms. The molecule has 0 spiro atoms. The van der Waals surface area contributed by atoms with Crippen molar-refractivity contribution < 1.29 is 19.1 Å². The normalized spacial score (nSPS) is 16.6. The van der Waals surface area contributed by atoms with E-state index in [9.17, 15) is 14.4 Å².